The fraction of sp³-hybridized carbons (Fsp3) is 0.588. The van der Waals surface area contributed by atoms with Crippen molar-refractivity contribution in [1.82, 2.24) is 15.1 Å². The zero-order chi connectivity index (χ0) is 14.7. The summed E-state index contributed by atoms with van der Waals surface area (Å²) >= 11 is 0. The molecule has 2 N–H and O–H groups in total. The molecule has 114 valence electrons. The van der Waals surface area contributed by atoms with Crippen LogP contribution in [-0.4, -0.2) is 15.1 Å². The molecule has 1 heterocycles. The largest absolute Gasteiger partial charge is 0.400 e. The highest BCUT2D eigenvalue weighted by molar-refractivity contribution is 5.23. The van der Waals surface area contributed by atoms with E-state index in [-0.39, 0.29) is 5.54 Å². The maximum absolute atomic E-state index is 6.16. The molecule has 6 rings (SSSR count). The summed E-state index contributed by atoms with van der Waals surface area (Å²) in [6, 6.07) is 10.1. The van der Waals surface area contributed by atoms with Crippen LogP contribution < -0.4 is 10.4 Å². The summed E-state index contributed by atoms with van der Waals surface area (Å²) in [5.41, 5.74) is 7.27. The first-order chi connectivity index (χ1) is 10.7. The van der Waals surface area contributed by atoms with Gasteiger partial charge in [-0.05, 0) is 73.2 Å². The third-order valence-electron chi connectivity index (χ3n) is 6.02. The molecule has 4 saturated carbocycles. The SMILES string of the molecule is Nc1nn(C23CC4CC(CC(C4)C2)C3)n[n+]1-c1ccccc1. The van der Waals surface area contributed by atoms with Gasteiger partial charge in [0.1, 0.15) is 11.2 Å². The van der Waals surface area contributed by atoms with Gasteiger partial charge in [0.15, 0.2) is 0 Å². The Bertz CT molecular complexity index is 670. The Morgan fingerprint density at radius 1 is 1.00 bits per heavy atom. The van der Waals surface area contributed by atoms with E-state index < -0.39 is 0 Å². The van der Waals surface area contributed by atoms with E-state index in [4.69, 9.17) is 10.9 Å². The minimum Gasteiger partial charge on any atom is -0.303 e. The second-order valence-corrected chi connectivity index (χ2v) is 7.63. The molecule has 4 bridgehead atoms. The minimum absolute atomic E-state index is 0.128. The van der Waals surface area contributed by atoms with Crippen LogP contribution >= 0.6 is 0 Å². The lowest BCUT2D eigenvalue weighted by Gasteiger charge is -2.53. The van der Waals surface area contributed by atoms with Crippen LogP contribution in [0.5, 0.6) is 0 Å². The molecule has 1 aromatic carbocycles. The Labute approximate surface area is 130 Å². The lowest BCUT2D eigenvalue weighted by molar-refractivity contribution is -0.649. The first kappa shape index (κ1) is 12.6. The average Bonchev–Trinajstić information content (AvgIpc) is 2.90. The Morgan fingerprint density at radius 2 is 1.59 bits per heavy atom. The van der Waals surface area contributed by atoms with Crippen molar-refractivity contribution in [2.24, 2.45) is 17.8 Å². The maximum atomic E-state index is 6.16. The summed E-state index contributed by atoms with van der Waals surface area (Å²) < 4.78 is 1.78. The predicted octanol–water partition coefficient (Wildman–Crippen LogP) is 2.06. The summed E-state index contributed by atoms with van der Waals surface area (Å²) in [6.07, 6.45) is 7.99. The van der Waals surface area contributed by atoms with Crippen molar-refractivity contribution in [3.63, 3.8) is 0 Å². The molecule has 0 radical (unpaired) electrons. The summed E-state index contributed by atoms with van der Waals surface area (Å²) in [7, 11) is 0. The van der Waals surface area contributed by atoms with Gasteiger partial charge in [0, 0.05) is 5.21 Å². The van der Waals surface area contributed by atoms with Crippen molar-refractivity contribution in [2.45, 2.75) is 44.1 Å². The normalized spacial score (nSPS) is 35.9. The molecular weight excluding hydrogens is 274 g/mol. The van der Waals surface area contributed by atoms with Crippen molar-refractivity contribution in [3.05, 3.63) is 30.3 Å². The van der Waals surface area contributed by atoms with E-state index in [9.17, 15) is 0 Å². The third kappa shape index (κ3) is 1.74. The number of anilines is 1. The van der Waals surface area contributed by atoms with Gasteiger partial charge in [-0.25, -0.2) is 0 Å². The van der Waals surface area contributed by atoms with Gasteiger partial charge in [0.2, 0.25) is 0 Å². The van der Waals surface area contributed by atoms with Gasteiger partial charge >= 0.3 is 5.95 Å². The quantitative estimate of drug-likeness (QED) is 0.863. The van der Waals surface area contributed by atoms with Crippen LogP contribution in [0.2, 0.25) is 0 Å². The number of para-hydroxylation sites is 1. The van der Waals surface area contributed by atoms with Crippen molar-refractivity contribution in [1.29, 1.82) is 0 Å². The molecule has 1 aromatic heterocycles. The number of aromatic nitrogens is 4. The highest BCUT2D eigenvalue weighted by Crippen LogP contribution is 2.58. The Hall–Kier alpha value is -1.91. The standard InChI is InChI=1S/C17H22N5/c18-16-19-22(20-21(16)15-4-2-1-3-5-15)17-9-12-6-13(10-17)8-14(7-12)11-17/h1-5,12-14H,6-11H2,(H2,18,19,20)/q+1. The fourth-order valence-electron chi connectivity index (χ4n) is 5.55. The molecule has 5 nitrogen and oxygen atoms in total. The second kappa shape index (κ2) is 4.31. The molecule has 0 saturated heterocycles. The number of tetrazole rings is 1. The van der Waals surface area contributed by atoms with Gasteiger partial charge in [0.05, 0.1) is 5.10 Å². The molecule has 2 aromatic rings. The molecule has 22 heavy (non-hydrogen) atoms. The van der Waals surface area contributed by atoms with E-state index in [2.05, 4.69) is 5.10 Å². The Morgan fingerprint density at radius 3 is 2.18 bits per heavy atom. The smallest absolute Gasteiger partial charge is 0.303 e. The van der Waals surface area contributed by atoms with Crippen molar-refractivity contribution < 1.29 is 4.68 Å². The number of nitrogens with zero attached hydrogens (tertiary/aromatic N) is 4. The van der Waals surface area contributed by atoms with E-state index in [1.165, 1.54) is 38.5 Å². The topological polar surface area (TPSA) is 60.6 Å². The predicted molar refractivity (Wildman–Crippen MR) is 82.1 cm³/mol. The number of rotatable bonds is 2. The lowest BCUT2D eigenvalue weighted by Crippen LogP contribution is -2.53. The van der Waals surface area contributed by atoms with Crippen LogP contribution in [0.1, 0.15) is 38.5 Å². The zero-order valence-corrected chi connectivity index (χ0v) is 12.7. The van der Waals surface area contributed by atoms with E-state index >= 15 is 0 Å². The lowest BCUT2D eigenvalue weighted by atomic mass is 9.53. The number of nitrogen functional groups attached to an aromatic ring is 1. The second-order valence-electron chi connectivity index (χ2n) is 7.63. The van der Waals surface area contributed by atoms with Gasteiger partial charge in [-0.15, -0.1) is 0 Å². The van der Waals surface area contributed by atoms with Crippen molar-refractivity contribution in [3.8, 4) is 5.69 Å². The summed E-state index contributed by atoms with van der Waals surface area (Å²) in [6.45, 7) is 0. The number of hydrogen-bond donors (Lipinski definition) is 1. The van der Waals surface area contributed by atoms with Gasteiger partial charge in [-0.2, -0.15) is 0 Å². The molecule has 0 spiro atoms. The first-order valence-corrected chi connectivity index (χ1v) is 8.43. The van der Waals surface area contributed by atoms with Gasteiger partial charge < -0.3 is 5.73 Å². The van der Waals surface area contributed by atoms with Crippen LogP contribution in [0.3, 0.4) is 0 Å². The highest BCUT2D eigenvalue weighted by atomic mass is 15.7. The third-order valence-corrected chi connectivity index (χ3v) is 6.02. The summed E-state index contributed by atoms with van der Waals surface area (Å²) in [5, 5.41) is 9.39. The highest BCUT2D eigenvalue weighted by Gasteiger charge is 2.55. The van der Waals surface area contributed by atoms with Crippen LogP contribution in [0.15, 0.2) is 30.3 Å². The van der Waals surface area contributed by atoms with Crippen molar-refractivity contribution in [2.75, 3.05) is 5.73 Å². The van der Waals surface area contributed by atoms with Gasteiger partial charge in [-0.3, -0.25) is 0 Å². The molecule has 0 unspecified atom stereocenters. The van der Waals surface area contributed by atoms with E-state index in [0.29, 0.717) is 5.95 Å². The van der Waals surface area contributed by atoms with E-state index in [1.807, 2.05) is 35.1 Å². The summed E-state index contributed by atoms with van der Waals surface area (Å²) in [5.74, 6) is 3.12. The molecular formula is C17H22N5+. The van der Waals surface area contributed by atoms with E-state index in [0.717, 1.165) is 23.4 Å². The van der Waals surface area contributed by atoms with Crippen LogP contribution in [0.25, 0.3) is 5.69 Å². The Balaban J connectivity index is 1.57. The molecule has 5 heteroatoms. The minimum atomic E-state index is 0.128. The Kier molecular flexibility index (Phi) is 2.47. The van der Waals surface area contributed by atoms with Gasteiger partial charge in [-0.1, -0.05) is 22.9 Å². The molecule has 0 atom stereocenters. The maximum Gasteiger partial charge on any atom is 0.400 e. The zero-order valence-electron chi connectivity index (χ0n) is 12.7. The summed E-state index contributed by atoms with van der Waals surface area (Å²) in [4.78, 5) is 1.97. The average molecular weight is 296 g/mol. The fourth-order valence-corrected chi connectivity index (χ4v) is 5.55. The number of hydrogen-bond acceptors (Lipinski definition) is 3. The molecule has 0 amide bonds. The molecule has 4 fully saturated rings. The number of nitrogens with two attached hydrogens (primary N) is 1. The molecule has 0 aliphatic heterocycles. The monoisotopic (exact) mass is 296 g/mol. The van der Waals surface area contributed by atoms with Crippen molar-refractivity contribution >= 4 is 5.95 Å². The van der Waals surface area contributed by atoms with E-state index in [1.54, 1.807) is 4.68 Å². The van der Waals surface area contributed by atoms with Crippen LogP contribution in [0, 0.1) is 17.8 Å². The van der Waals surface area contributed by atoms with Gasteiger partial charge in [0.25, 0.3) is 0 Å². The molecule has 4 aliphatic rings. The number of benzene rings is 1. The molecule has 4 aliphatic carbocycles. The van der Waals surface area contributed by atoms with Crippen LogP contribution in [-0.2, 0) is 5.54 Å². The first-order valence-electron chi connectivity index (χ1n) is 8.43. The van der Waals surface area contributed by atoms with Crippen LogP contribution in [0.4, 0.5) is 5.95 Å².